The molecule has 0 aliphatic carbocycles. The minimum atomic E-state index is 0.311. The molecule has 1 N–H and O–H groups in total. The van der Waals surface area contributed by atoms with Crippen LogP contribution in [0.25, 0.3) is 0 Å². The third-order valence-corrected chi connectivity index (χ3v) is 11.1. The maximum atomic E-state index is 9.06. The molecule has 0 amide bonds. The van der Waals surface area contributed by atoms with Gasteiger partial charge < -0.3 is 5.11 Å². The van der Waals surface area contributed by atoms with E-state index in [-0.39, 0.29) is 0 Å². The van der Waals surface area contributed by atoms with Gasteiger partial charge in [-0.25, -0.2) is 0 Å². The summed E-state index contributed by atoms with van der Waals surface area (Å²) < 4.78 is 0. The second kappa shape index (κ2) is 35.5. The lowest BCUT2D eigenvalue weighted by atomic mass is 10.0. The first-order chi connectivity index (χ1) is 26.7. The molecule has 1 atom stereocenters. The van der Waals surface area contributed by atoms with E-state index in [1.807, 2.05) is 0 Å². The molecule has 0 saturated carbocycles. The molecule has 0 aromatic carbocycles. The Balaban J connectivity index is 4.25. The molecule has 0 spiro atoms. The highest BCUT2D eigenvalue weighted by molar-refractivity contribution is 5.11. The molecule has 56 heavy (non-hydrogen) atoms. The minimum Gasteiger partial charge on any atom is -0.396 e. The highest BCUT2D eigenvalue weighted by atomic mass is 16.3. The summed E-state index contributed by atoms with van der Waals surface area (Å²) >= 11 is 0. The second-order valence-electron chi connectivity index (χ2n) is 17.8. The van der Waals surface area contributed by atoms with Crippen molar-refractivity contribution in [2.75, 3.05) is 6.61 Å². The van der Waals surface area contributed by atoms with Crippen LogP contribution >= 0.6 is 0 Å². The molecule has 1 nitrogen and oxygen atoms in total. The molecule has 318 valence electrons. The molecule has 0 aromatic rings. The van der Waals surface area contributed by atoms with Crippen LogP contribution in [0.15, 0.2) is 116 Å². The molecule has 0 aliphatic rings. The Morgan fingerprint density at radius 3 is 0.696 bits per heavy atom. The van der Waals surface area contributed by atoms with Crippen LogP contribution in [0.5, 0.6) is 0 Å². The Bertz CT molecular complexity index is 1350. The van der Waals surface area contributed by atoms with Crippen LogP contribution in [0.4, 0.5) is 0 Å². The number of aliphatic hydroxyl groups excluding tert-OH is 1. The van der Waals surface area contributed by atoms with Gasteiger partial charge in [0.2, 0.25) is 0 Å². The fourth-order valence-corrected chi connectivity index (χ4v) is 6.86. The monoisotopic (exact) mass is 769 g/mol. The average molecular weight is 769 g/mol. The van der Waals surface area contributed by atoms with Crippen LogP contribution in [0.1, 0.15) is 218 Å². The molecular formula is C55H92O. The molecule has 0 heterocycles. The first-order valence-corrected chi connectivity index (χ1v) is 22.9. The van der Waals surface area contributed by atoms with Gasteiger partial charge in [0.05, 0.1) is 0 Å². The van der Waals surface area contributed by atoms with Gasteiger partial charge in [-0.2, -0.15) is 0 Å². The summed E-state index contributed by atoms with van der Waals surface area (Å²) in [5, 5.41) is 9.06. The zero-order chi connectivity index (χ0) is 42.0. The molecule has 0 aromatic heterocycles. The maximum Gasteiger partial charge on any atom is 0.0433 e. The van der Waals surface area contributed by atoms with Crippen molar-refractivity contribution in [3.63, 3.8) is 0 Å². The molecule has 0 radical (unpaired) electrons. The van der Waals surface area contributed by atoms with Gasteiger partial charge in [0.15, 0.2) is 0 Å². The minimum absolute atomic E-state index is 0.311. The molecule has 0 saturated heterocycles. The number of hydrogen-bond acceptors (Lipinski definition) is 1. The van der Waals surface area contributed by atoms with E-state index >= 15 is 0 Å². The number of rotatable bonds is 32. The smallest absolute Gasteiger partial charge is 0.0433 e. The first-order valence-electron chi connectivity index (χ1n) is 22.9. The lowest BCUT2D eigenvalue weighted by molar-refractivity contribution is 0.259. The second-order valence-corrected chi connectivity index (χ2v) is 17.8. The van der Waals surface area contributed by atoms with Crippen molar-refractivity contribution in [2.24, 2.45) is 5.92 Å². The number of allylic oxidation sites excluding steroid dienone is 20. The summed E-state index contributed by atoms with van der Waals surface area (Å²) in [5.74, 6) is 0.616. The van der Waals surface area contributed by atoms with Crippen LogP contribution in [0.3, 0.4) is 0 Å². The quantitative estimate of drug-likeness (QED) is 0.0676. The highest BCUT2D eigenvalue weighted by Gasteiger charge is 2.00. The Kier molecular flexibility index (Phi) is 33.8. The molecule has 0 fully saturated rings. The predicted octanol–water partition coefficient (Wildman–Crippen LogP) is 18.3. The summed E-state index contributed by atoms with van der Waals surface area (Å²) in [5.41, 5.74) is 15.1. The number of aliphatic hydroxyl groups is 1. The zero-order valence-electron chi connectivity index (χ0n) is 39.4. The number of hydrogen-bond donors (Lipinski definition) is 1. The van der Waals surface area contributed by atoms with Crippen LogP contribution in [-0.4, -0.2) is 11.7 Å². The van der Waals surface area contributed by atoms with Crippen LogP contribution in [0.2, 0.25) is 0 Å². The van der Waals surface area contributed by atoms with Gasteiger partial charge >= 0.3 is 0 Å². The van der Waals surface area contributed by atoms with Crippen LogP contribution < -0.4 is 0 Å². The van der Waals surface area contributed by atoms with E-state index in [0.29, 0.717) is 12.5 Å². The van der Waals surface area contributed by atoms with E-state index in [1.54, 1.807) is 0 Å². The van der Waals surface area contributed by atoms with E-state index < -0.39 is 0 Å². The van der Waals surface area contributed by atoms with Gasteiger partial charge in [0.1, 0.15) is 0 Å². The third-order valence-electron chi connectivity index (χ3n) is 11.1. The van der Waals surface area contributed by atoms with Crippen LogP contribution in [0, 0.1) is 5.92 Å². The fourth-order valence-electron chi connectivity index (χ4n) is 6.86. The Labute approximate surface area is 350 Å². The van der Waals surface area contributed by atoms with E-state index in [9.17, 15) is 0 Å². The third kappa shape index (κ3) is 35.8. The van der Waals surface area contributed by atoms with Crippen LogP contribution in [-0.2, 0) is 0 Å². The summed E-state index contributed by atoms with van der Waals surface area (Å²) in [6, 6.07) is 0. The Morgan fingerprint density at radius 1 is 0.304 bits per heavy atom. The lowest BCUT2D eigenvalue weighted by Gasteiger charge is -2.07. The van der Waals surface area contributed by atoms with Gasteiger partial charge in [0, 0.05) is 6.61 Å². The summed E-state index contributed by atoms with van der Waals surface area (Å²) in [6.45, 7) is 27.6. The van der Waals surface area contributed by atoms with Crippen molar-refractivity contribution in [3.8, 4) is 0 Å². The average Bonchev–Trinajstić information content (AvgIpc) is 3.11. The van der Waals surface area contributed by atoms with Gasteiger partial charge in [-0.15, -0.1) is 0 Å². The van der Waals surface area contributed by atoms with Crippen molar-refractivity contribution in [2.45, 2.75) is 218 Å². The van der Waals surface area contributed by atoms with E-state index in [2.05, 4.69) is 144 Å². The first kappa shape index (κ1) is 53.4. The Morgan fingerprint density at radius 2 is 0.500 bits per heavy atom. The van der Waals surface area contributed by atoms with Crippen molar-refractivity contribution >= 4 is 0 Å². The highest BCUT2D eigenvalue weighted by Crippen LogP contribution is 2.19. The predicted molar refractivity (Wildman–Crippen MR) is 256 cm³/mol. The summed E-state index contributed by atoms with van der Waals surface area (Å²) in [7, 11) is 0. The van der Waals surface area contributed by atoms with Crippen molar-refractivity contribution in [3.05, 3.63) is 116 Å². The van der Waals surface area contributed by atoms with Gasteiger partial charge in [-0.05, 0) is 217 Å². The van der Waals surface area contributed by atoms with E-state index in [4.69, 9.17) is 5.11 Å². The lowest BCUT2D eigenvalue weighted by Crippen LogP contribution is -1.97. The molecular weight excluding hydrogens is 677 g/mol. The van der Waals surface area contributed by atoms with Crippen molar-refractivity contribution in [1.82, 2.24) is 0 Å². The van der Waals surface area contributed by atoms with E-state index in [1.165, 1.54) is 126 Å². The van der Waals surface area contributed by atoms with Gasteiger partial charge in [-0.3, -0.25) is 0 Å². The largest absolute Gasteiger partial charge is 0.396 e. The van der Waals surface area contributed by atoms with Gasteiger partial charge in [0.25, 0.3) is 0 Å². The zero-order valence-corrected chi connectivity index (χ0v) is 39.4. The molecule has 1 unspecified atom stereocenters. The molecule has 0 bridgehead atoms. The maximum absolute atomic E-state index is 9.06. The summed E-state index contributed by atoms with van der Waals surface area (Å²) in [4.78, 5) is 0. The van der Waals surface area contributed by atoms with Gasteiger partial charge in [-0.1, -0.05) is 123 Å². The standard InChI is InChI=1S/C55H92O/c1-45(2)23-13-24-46(3)25-14-26-47(4)27-15-28-48(5)29-16-30-49(6)31-17-32-50(7)33-18-34-51(8)35-19-36-52(9)37-20-38-53(10)39-21-40-54(11)41-22-42-55(12)43-44-56/h23,25,27,29,31,33,35,37,39,41,55-56H,13-22,24,26,28,30,32,34,36,38,40,42-44H2,1-12H3. The molecule has 0 rings (SSSR count). The van der Waals surface area contributed by atoms with E-state index in [0.717, 1.165) is 64.2 Å². The Hall–Kier alpha value is -2.64. The molecule has 0 aliphatic heterocycles. The van der Waals surface area contributed by atoms with Crippen molar-refractivity contribution in [1.29, 1.82) is 0 Å². The SMILES string of the molecule is CC(C)=CCCC(C)=CCCC(C)=CCCC(C)=CCCC(C)=CCCC(C)=CCCC(C)=CCCC(C)=CCCC(C)=CCCC(C)=CCCC(C)CCO. The molecule has 1 heteroatoms. The van der Waals surface area contributed by atoms with Crippen molar-refractivity contribution < 1.29 is 5.11 Å². The topological polar surface area (TPSA) is 20.2 Å². The summed E-state index contributed by atoms with van der Waals surface area (Å²) in [6.07, 6.45) is 48.6. The normalized spacial score (nSPS) is 15.2. The fraction of sp³-hybridized carbons (Fsp3) is 0.636.